The summed E-state index contributed by atoms with van der Waals surface area (Å²) in [4.78, 5) is 37.7. The lowest BCUT2D eigenvalue weighted by Gasteiger charge is -2.35. The monoisotopic (exact) mass is 329 g/mol. The van der Waals surface area contributed by atoms with Gasteiger partial charge in [0.05, 0.1) is 5.69 Å². The lowest BCUT2D eigenvalue weighted by molar-refractivity contribution is -0.136. The van der Waals surface area contributed by atoms with E-state index < -0.39 is 11.8 Å². The van der Waals surface area contributed by atoms with E-state index in [9.17, 15) is 14.4 Å². The number of hydrogen-bond acceptors (Lipinski definition) is 3. The molecule has 0 aromatic heterocycles. The van der Waals surface area contributed by atoms with Crippen LogP contribution in [-0.2, 0) is 27.2 Å². The first-order valence-corrected chi connectivity index (χ1v) is 8.65. The van der Waals surface area contributed by atoms with Crippen LogP contribution in [0.5, 0.6) is 0 Å². The number of benzene rings is 1. The molecule has 0 saturated heterocycles. The summed E-state index contributed by atoms with van der Waals surface area (Å²) in [6.45, 7) is 3.30. The van der Waals surface area contributed by atoms with Gasteiger partial charge in [-0.05, 0) is 48.9 Å². The zero-order chi connectivity index (χ0) is 17.1. The second-order valence-electron chi connectivity index (χ2n) is 6.36. The van der Waals surface area contributed by atoms with Crippen molar-refractivity contribution in [2.45, 2.75) is 45.4 Å². The Bertz CT molecular complexity index is 667. The van der Waals surface area contributed by atoms with Crippen LogP contribution < -0.4 is 15.5 Å². The Morgan fingerprint density at radius 3 is 2.62 bits per heavy atom. The summed E-state index contributed by atoms with van der Waals surface area (Å²) in [5.74, 6) is -1.07. The molecule has 0 unspecified atom stereocenters. The van der Waals surface area contributed by atoms with Gasteiger partial charge in [0.15, 0.2) is 0 Å². The molecule has 0 fully saturated rings. The molecule has 3 rings (SSSR count). The molecule has 2 N–H and O–H groups in total. The second kappa shape index (κ2) is 7.03. The van der Waals surface area contributed by atoms with Crippen LogP contribution in [0.2, 0.25) is 0 Å². The lowest BCUT2D eigenvalue weighted by Crippen LogP contribution is -2.39. The first-order chi connectivity index (χ1) is 11.6. The van der Waals surface area contributed by atoms with E-state index >= 15 is 0 Å². The minimum absolute atomic E-state index is 0.176. The van der Waals surface area contributed by atoms with Gasteiger partial charge in [0.2, 0.25) is 5.91 Å². The molecule has 6 nitrogen and oxygen atoms in total. The van der Waals surface area contributed by atoms with Gasteiger partial charge in [-0.1, -0.05) is 13.3 Å². The fraction of sp³-hybridized carbons (Fsp3) is 0.500. The molecule has 3 amide bonds. The van der Waals surface area contributed by atoms with Gasteiger partial charge in [-0.2, -0.15) is 0 Å². The van der Waals surface area contributed by atoms with Gasteiger partial charge in [-0.15, -0.1) is 0 Å². The normalized spacial score (nSPS) is 15.7. The number of amides is 3. The van der Waals surface area contributed by atoms with Crippen molar-refractivity contribution in [1.82, 2.24) is 5.32 Å². The van der Waals surface area contributed by atoms with Crippen molar-refractivity contribution in [2.75, 3.05) is 23.3 Å². The predicted octanol–water partition coefficient (Wildman–Crippen LogP) is 1.77. The van der Waals surface area contributed by atoms with Gasteiger partial charge in [-0.3, -0.25) is 14.4 Å². The number of aryl methyl sites for hydroxylation is 2. The zero-order valence-corrected chi connectivity index (χ0v) is 14.0. The summed E-state index contributed by atoms with van der Waals surface area (Å²) in [6, 6.07) is 3.78. The number of carbonyl (C=O) groups excluding carboxylic acids is 3. The van der Waals surface area contributed by atoms with E-state index in [0.717, 1.165) is 49.0 Å². The number of carbonyl (C=O) groups is 3. The standard InChI is InChI=1S/C18H23N3O3/c1-2-3-8-19-17(23)18(24)20-14-10-12-5-4-9-21-15(22)7-6-13(11-14)16(12)21/h10-11H,2-9H2,1H3,(H,19,23)(H,20,24). The van der Waals surface area contributed by atoms with Gasteiger partial charge >= 0.3 is 11.8 Å². The topological polar surface area (TPSA) is 78.5 Å². The molecule has 2 heterocycles. The smallest absolute Gasteiger partial charge is 0.313 e. The summed E-state index contributed by atoms with van der Waals surface area (Å²) in [5, 5.41) is 5.30. The van der Waals surface area contributed by atoms with Crippen LogP contribution in [0.15, 0.2) is 12.1 Å². The summed E-state index contributed by atoms with van der Waals surface area (Å²) in [7, 11) is 0. The maximum Gasteiger partial charge on any atom is 0.313 e. The SMILES string of the molecule is CCCCNC(=O)C(=O)Nc1cc2c3c(c1)CCC(=O)N3CCC2. The van der Waals surface area contributed by atoms with Crippen molar-refractivity contribution in [3.63, 3.8) is 0 Å². The minimum atomic E-state index is -0.641. The molecule has 0 saturated carbocycles. The summed E-state index contributed by atoms with van der Waals surface area (Å²) < 4.78 is 0. The highest BCUT2D eigenvalue weighted by Crippen LogP contribution is 2.37. The average Bonchev–Trinajstić information content (AvgIpc) is 2.58. The van der Waals surface area contributed by atoms with Gasteiger partial charge in [0.1, 0.15) is 0 Å². The van der Waals surface area contributed by atoms with Gasteiger partial charge < -0.3 is 15.5 Å². The molecule has 1 aromatic carbocycles. The Kier molecular flexibility index (Phi) is 4.83. The lowest BCUT2D eigenvalue weighted by atomic mass is 9.91. The largest absolute Gasteiger partial charge is 0.348 e. The molecule has 128 valence electrons. The summed E-state index contributed by atoms with van der Waals surface area (Å²) >= 11 is 0. The van der Waals surface area contributed by atoms with Gasteiger partial charge in [0, 0.05) is 25.2 Å². The van der Waals surface area contributed by atoms with Crippen LogP contribution in [0.4, 0.5) is 11.4 Å². The molecule has 2 aliphatic rings. The highest BCUT2D eigenvalue weighted by Gasteiger charge is 2.29. The number of nitrogens with one attached hydrogen (secondary N) is 2. The quantitative estimate of drug-likeness (QED) is 0.653. The molecule has 1 aromatic rings. The second-order valence-corrected chi connectivity index (χ2v) is 6.36. The highest BCUT2D eigenvalue weighted by molar-refractivity contribution is 6.39. The van der Waals surface area contributed by atoms with Crippen LogP contribution in [-0.4, -0.2) is 30.8 Å². The molecule has 0 radical (unpaired) electrons. The molecule has 2 aliphatic heterocycles. The number of hydrogen-bond donors (Lipinski definition) is 2. The van der Waals surface area contributed by atoms with Crippen molar-refractivity contribution in [2.24, 2.45) is 0 Å². The van der Waals surface area contributed by atoms with Gasteiger partial charge in [0.25, 0.3) is 0 Å². The molecular formula is C18H23N3O3. The third-order valence-electron chi connectivity index (χ3n) is 4.55. The van der Waals surface area contributed by atoms with Crippen molar-refractivity contribution in [3.05, 3.63) is 23.3 Å². The fourth-order valence-corrected chi connectivity index (χ4v) is 3.37. The fourth-order valence-electron chi connectivity index (χ4n) is 3.37. The third-order valence-corrected chi connectivity index (χ3v) is 4.55. The summed E-state index contributed by atoms with van der Waals surface area (Å²) in [5.41, 5.74) is 3.81. The number of anilines is 2. The Morgan fingerprint density at radius 1 is 1.12 bits per heavy atom. The van der Waals surface area contributed by atoms with Crippen molar-refractivity contribution >= 4 is 29.1 Å². The predicted molar refractivity (Wildman–Crippen MR) is 92.0 cm³/mol. The molecule has 0 spiro atoms. The minimum Gasteiger partial charge on any atom is -0.348 e. The Labute approximate surface area is 141 Å². The molecule has 6 heteroatoms. The maximum absolute atomic E-state index is 12.1. The molecule has 24 heavy (non-hydrogen) atoms. The highest BCUT2D eigenvalue weighted by atomic mass is 16.2. The first-order valence-electron chi connectivity index (χ1n) is 8.65. The number of rotatable bonds is 4. The van der Waals surface area contributed by atoms with Crippen LogP contribution in [0.1, 0.15) is 43.7 Å². The van der Waals surface area contributed by atoms with E-state index in [2.05, 4.69) is 10.6 Å². The number of nitrogens with zero attached hydrogens (tertiary/aromatic N) is 1. The van der Waals surface area contributed by atoms with E-state index in [0.29, 0.717) is 25.1 Å². The molecule has 0 aliphatic carbocycles. The Morgan fingerprint density at radius 2 is 1.88 bits per heavy atom. The molecule has 0 bridgehead atoms. The van der Waals surface area contributed by atoms with E-state index in [4.69, 9.17) is 0 Å². The van der Waals surface area contributed by atoms with Crippen LogP contribution in [0, 0.1) is 0 Å². The molecular weight excluding hydrogens is 306 g/mol. The maximum atomic E-state index is 12.1. The molecule has 0 atom stereocenters. The Hall–Kier alpha value is -2.37. The van der Waals surface area contributed by atoms with E-state index in [-0.39, 0.29) is 5.91 Å². The first kappa shape index (κ1) is 16.5. The van der Waals surface area contributed by atoms with Crippen molar-refractivity contribution in [3.8, 4) is 0 Å². The average molecular weight is 329 g/mol. The van der Waals surface area contributed by atoms with E-state index in [1.807, 2.05) is 24.0 Å². The van der Waals surface area contributed by atoms with Crippen LogP contribution >= 0.6 is 0 Å². The van der Waals surface area contributed by atoms with E-state index in [1.54, 1.807) is 0 Å². The zero-order valence-electron chi connectivity index (χ0n) is 14.0. The van der Waals surface area contributed by atoms with Crippen LogP contribution in [0.3, 0.4) is 0 Å². The van der Waals surface area contributed by atoms with Crippen molar-refractivity contribution < 1.29 is 14.4 Å². The Balaban J connectivity index is 1.75. The number of unbranched alkanes of at least 4 members (excludes halogenated alkanes) is 1. The summed E-state index contributed by atoms with van der Waals surface area (Å²) in [6.07, 6.45) is 4.81. The third kappa shape index (κ3) is 3.27. The van der Waals surface area contributed by atoms with E-state index in [1.165, 1.54) is 0 Å². The van der Waals surface area contributed by atoms with Gasteiger partial charge in [-0.25, -0.2) is 0 Å². The van der Waals surface area contributed by atoms with Crippen LogP contribution in [0.25, 0.3) is 0 Å². The van der Waals surface area contributed by atoms with Crippen molar-refractivity contribution in [1.29, 1.82) is 0 Å².